The Balaban J connectivity index is 1.43. The third-order valence-corrected chi connectivity index (χ3v) is 8.36. The van der Waals surface area contributed by atoms with Crippen LogP contribution in [-0.2, 0) is 12.8 Å². The molecule has 0 saturated heterocycles. The number of pyridine rings is 1. The molecule has 0 spiro atoms. The molecule has 0 fully saturated rings. The molecule has 0 atom stereocenters. The Morgan fingerprint density at radius 1 is 0.457 bits per heavy atom. The third-order valence-electron chi connectivity index (χ3n) is 8.36. The van der Waals surface area contributed by atoms with E-state index in [0.717, 1.165) is 12.8 Å². The first kappa shape index (κ1) is 18.0. The zero-order valence-electron chi connectivity index (χ0n) is 19.2. The van der Waals surface area contributed by atoms with Crippen molar-refractivity contribution in [3.63, 3.8) is 0 Å². The normalized spacial score (nSPS) is 13.5. The molecule has 1 heteroatoms. The van der Waals surface area contributed by atoms with Gasteiger partial charge in [-0.2, -0.15) is 0 Å². The average molecular weight is 444 g/mol. The lowest BCUT2D eigenvalue weighted by molar-refractivity contribution is 1.24. The molecular formula is C34H21N. The van der Waals surface area contributed by atoms with Crippen molar-refractivity contribution in [3.8, 4) is 22.3 Å². The molecule has 2 aromatic heterocycles. The minimum Gasteiger partial charge on any atom is -0.309 e. The minimum absolute atomic E-state index is 1.01. The molecule has 2 aliphatic carbocycles. The summed E-state index contributed by atoms with van der Waals surface area (Å²) < 4.78 is 2.45. The lowest BCUT2D eigenvalue weighted by Gasteiger charge is -2.14. The summed E-state index contributed by atoms with van der Waals surface area (Å²) in [6.07, 6.45) is 2.05. The quantitative estimate of drug-likeness (QED) is 0.207. The lowest BCUT2D eigenvalue weighted by Crippen LogP contribution is -1.93. The molecule has 2 aliphatic rings. The maximum atomic E-state index is 2.50. The molecule has 1 nitrogen and oxygen atoms in total. The van der Waals surface area contributed by atoms with E-state index in [9.17, 15) is 0 Å². The first-order valence-electron chi connectivity index (χ1n) is 12.5. The molecule has 0 radical (unpaired) electrons. The van der Waals surface area contributed by atoms with Gasteiger partial charge in [-0.3, -0.25) is 0 Å². The highest BCUT2D eigenvalue weighted by atomic mass is 14.9. The van der Waals surface area contributed by atoms with Crippen LogP contribution in [0.2, 0.25) is 0 Å². The molecule has 5 aromatic carbocycles. The first-order valence-corrected chi connectivity index (χ1v) is 12.5. The Morgan fingerprint density at radius 2 is 1.17 bits per heavy atom. The fourth-order valence-electron chi connectivity index (χ4n) is 6.90. The summed E-state index contributed by atoms with van der Waals surface area (Å²) in [6.45, 7) is 0. The average Bonchev–Trinajstić information content (AvgIpc) is 3.58. The van der Waals surface area contributed by atoms with Gasteiger partial charge < -0.3 is 4.40 Å². The highest BCUT2D eigenvalue weighted by Crippen LogP contribution is 2.49. The van der Waals surface area contributed by atoms with Gasteiger partial charge in [0.15, 0.2) is 0 Å². The Bertz CT molecular complexity index is 2050. The fourth-order valence-corrected chi connectivity index (χ4v) is 6.90. The Hall–Kier alpha value is -4.36. The van der Waals surface area contributed by atoms with Crippen LogP contribution in [0.25, 0.3) is 60.3 Å². The van der Waals surface area contributed by atoms with E-state index < -0.39 is 0 Å². The molecule has 2 heterocycles. The molecule has 0 unspecified atom stereocenters. The number of para-hydroxylation sites is 2. The summed E-state index contributed by atoms with van der Waals surface area (Å²) in [6, 6.07) is 38.7. The molecule has 35 heavy (non-hydrogen) atoms. The van der Waals surface area contributed by atoms with Gasteiger partial charge in [-0.25, -0.2) is 0 Å². The second-order valence-corrected chi connectivity index (χ2v) is 10.1. The second kappa shape index (κ2) is 6.20. The van der Waals surface area contributed by atoms with Gasteiger partial charge in [0.25, 0.3) is 0 Å². The molecule has 0 N–H and O–H groups in total. The van der Waals surface area contributed by atoms with E-state index in [2.05, 4.69) is 108 Å². The van der Waals surface area contributed by atoms with E-state index in [4.69, 9.17) is 0 Å². The predicted molar refractivity (Wildman–Crippen MR) is 146 cm³/mol. The summed E-state index contributed by atoms with van der Waals surface area (Å²) >= 11 is 0. The SMILES string of the molecule is c1ccc2c(c1)Cc1cc3c(cc1-2)Cc1ccc2c(c1-3)c1ccccc1n1c3ccccc3cc21. The van der Waals surface area contributed by atoms with Gasteiger partial charge in [-0.1, -0.05) is 72.8 Å². The monoisotopic (exact) mass is 443 g/mol. The van der Waals surface area contributed by atoms with Gasteiger partial charge in [0.2, 0.25) is 0 Å². The molecule has 9 rings (SSSR count). The van der Waals surface area contributed by atoms with Crippen LogP contribution in [0.5, 0.6) is 0 Å². The topological polar surface area (TPSA) is 4.41 Å². The smallest absolute Gasteiger partial charge is 0.0547 e. The van der Waals surface area contributed by atoms with Crippen LogP contribution in [0, 0.1) is 0 Å². The zero-order valence-corrected chi connectivity index (χ0v) is 19.2. The van der Waals surface area contributed by atoms with E-state index in [1.807, 2.05) is 0 Å². The maximum Gasteiger partial charge on any atom is 0.0547 e. The van der Waals surface area contributed by atoms with Crippen molar-refractivity contribution in [2.24, 2.45) is 0 Å². The predicted octanol–water partition coefficient (Wildman–Crippen LogP) is 8.54. The van der Waals surface area contributed by atoms with Gasteiger partial charge >= 0.3 is 0 Å². The van der Waals surface area contributed by atoms with Crippen LogP contribution in [0.4, 0.5) is 0 Å². The van der Waals surface area contributed by atoms with Gasteiger partial charge in [0.05, 0.1) is 16.6 Å². The van der Waals surface area contributed by atoms with Gasteiger partial charge in [-0.05, 0) is 87.7 Å². The zero-order chi connectivity index (χ0) is 22.7. The van der Waals surface area contributed by atoms with E-state index in [0.29, 0.717) is 0 Å². The number of benzene rings is 5. The van der Waals surface area contributed by atoms with Gasteiger partial charge in [0, 0.05) is 21.5 Å². The molecule has 0 amide bonds. The Kier molecular flexibility index (Phi) is 3.19. The Labute approximate surface area is 202 Å². The lowest BCUT2D eigenvalue weighted by atomic mass is 9.93. The highest BCUT2D eigenvalue weighted by molar-refractivity contribution is 6.21. The van der Waals surface area contributed by atoms with Gasteiger partial charge in [0.1, 0.15) is 0 Å². The van der Waals surface area contributed by atoms with Crippen LogP contribution in [0.3, 0.4) is 0 Å². The maximum absolute atomic E-state index is 2.50. The van der Waals surface area contributed by atoms with Crippen LogP contribution in [0.1, 0.15) is 22.3 Å². The van der Waals surface area contributed by atoms with E-state index in [1.54, 1.807) is 0 Å². The Morgan fingerprint density at radius 3 is 2.14 bits per heavy atom. The van der Waals surface area contributed by atoms with Crippen molar-refractivity contribution in [1.29, 1.82) is 0 Å². The minimum atomic E-state index is 1.01. The number of fused-ring (bicyclic) bond motifs is 15. The molecule has 7 aromatic rings. The first-order chi connectivity index (χ1) is 17.3. The number of hydrogen-bond acceptors (Lipinski definition) is 0. The van der Waals surface area contributed by atoms with Crippen molar-refractivity contribution in [1.82, 2.24) is 4.40 Å². The summed E-state index contributed by atoms with van der Waals surface area (Å²) in [7, 11) is 0. The largest absolute Gasteiger partial charge is 0.309 e. The van der Waals surface area contributed by atoms with Crippen molar-refractivity contribution in [2.75, 3.05) is 0 Å². The third kappa shape index (κ3) is 2.19. The standard InChI is InChI=1S/C34H21N/c1-3-9-25-20(7-1)15-23-18-29-24(17-28(23)25)16-22-13-14-27-32-19-21-8-2-5-11-30(21)35(32)31-12-6-4-10-26(31)34(27)33(22)29/h1-14,17-19H,15-16H2. The van der Waals surface area contributed by atoms with Crippen LogP contribution >= 0.6 is 0 Å². The summed E-state index contributed by atoms with van der Waals surface area (Å²) in [4.78, 5) is 0. The molecule has 162 valence electrons. The van der Waals surface area contributed by atoms with Gasteiger partial charge in [-0.15, -0.1) is 0 Å². The van der Waals surface area contributed by atoms with Crippen LogP contribution in [0.15, 0.2) is 103 Å². The molecule has 0 aliphatic heterocycles. The van der Waals surface area contributed by atoms with Crippen LogP contribution < -0.4 is 0 Å². The molecule has 0 saturated carbocycles. The fraction of sp³-hybridized carbons (Fsp3) is 0.0588. The van der Waals surface area contributed by atoms with E-state index in [1.165, 1.54) is 82.6 Å². The van der Waals surface area contributed by atoms with Crippen molar-refractivity contribution in [2.45, 2.75) is 12.8 Å². The van der Waals surface area contributed by atoms with E-state index in [-0.39, 0.29) is 0 Å². The van der Waals surface area contributed by atoms with Crippen LogP contribution in [-0.4, -0.2) is 4.40 Å². The summed E-state index contributed by atoms with van der Waals surface area (Å²) in [5.41, 5.74) is 15.4. The number of hydrogen-bond donors (Lipinski definition) is 0. The highest BCUT2D eigenvalue weighted by Gasteiger charge is 2.27. The summed E-state index contributed by atoms with van der Waals surface area (Å²) in [5, 5.41) is 5.38. The number of nitrogens with zero attached hydrogens (tertiary/aromatic N) is 1. The number of rotatable bonds is 0. The second-order valence-electron chi connectivity index (χ2n) is 10.1. The molecule has 0 bridgehead atoms. The van der Waals surface area contributed by atoms with E-state index >= 15 is 0 Å². The summed E-state index contributed by atoms with van der Waals surface area (Å²) in [5.74, 6) is 0. The number of aromatic nitrogens is 1. The van der Waals surface area contributed by atoms with Crippen molar-refractivity contribution < 1.29 is 0 Å². The molecular weight excluding hydrogens is 422 g/mol. The van der Waals surface area contributed by atoms with Crippen molar-refractivity contribution in [3.05, 3.63) is 125 Å². The van der Waals surface area contributed by atoms with Crippen molar-refractivity contribution >= 4 is 38.1 Å².